The third-order valence-electron chi connectivity index (χ3n) is 4.49. The Morgan fingerprint density at radius 1 is 1.29 bits per heavy atom. The Hall–Kier alpha value is -1.51. The first kappa shape index (κ1) is 18.8. The molecule has 1 saturated heterocycles. The number of hydrogen-bond donors (Lipinski definition) is 1. The van der Waals surface area contributed by atoms with E-state index in [9.17, 15) is 4.79 Å². The van der Waals surface area contributed by atoms with Crippen molar-refractivity contribution in [2.75, 3.05) is 32.8 Å². The lowest BCUT2D eigenvalue weighted by Gasteiger charge is -2.35. The van der Waals surface area contributed by atoms with Gasteiger partial charge in [-0.25, -0.2) is 0 Å². The molecule has 1 aliphatic rings. The Kier molecular flexibility index (Phi) is 6.70. The van der Waals surface area contributed by atoms with Crippen molar-refractivity contribution >= 4 is 5.91 Å². The molecule has 3 atom stereocenters. The maximum Gasteiger partial charge on any atom is 0.240 e. The largest absolute Gasteiger partial charge is 0.371 e. The topological polar surface area (TPSA) is 97.7 Å². The molecule has 0 spiro atoms. The van der Waals surface area contributed by atoms with Crippen LogP contribution in [0.25, 0.3) is 0 Å². The van der Waals surface area contributed by atoms with Gasteiger partial charge in [-0.3, -0.25) is 9.69 Å². The molecule has 136 valence electrons. The molecular weight excluding hydrogens is 310 g/mol. The summed E-state index contributed by atoms with van der Waals surface area (Å²) >= 11 is 0. The summed E-state index contributed by atoms with van der Waals surface area (Å²) in [4.78, 5) is 20.8. The minimum atomic E-state index is -0.165. The molecule has 1 aliphatic heterocycles. The van der Waals surface area contributed by atoms with Crippen molar-refractivity contribution in [2.24, 2.45) is 11.7 Å². The van der Waals surface area contributed by atoms with Gasteiger partial charge in [-0.2, -0.15) is 4.98 Å². The molecule has 8 heteroatoms. The normalized spacial score (nSPS) is 20.0. The van der Waals surface area contributed by atoms with Crippen LogP contribution in [0.4, 0.5) is 0 Å². The molecule has 2 heterocycles. The minimum Gasteiger partial charge on any atom is -0.371 e. The first-order valence-corrected chi connectivity index (χ1v) is 8.63. The maximum atomic E-state index is 12.3. The Morgan fingerprint density at radius 2 is 1.96 bits per heavy atom. The SMILES string of the molecule is CCOC(C)c1noc(CN2CCN(C(=O)C(C)C(C)N)CC2)n1. The summed E-state index contributed by atoms with van der Waals surface area (Å²) in [7, 11) is 0. The summed E-state index contributed by atoms with van der Waals surface area (Å²) in [5, 5.41) is 3.97. The van der Waals surface area contributed by atoms with Crippen LogP contribution < -0.4 is 5.73 Å². The predicted molar refractivity (Wildman–Crippen MR) is 89.0 cm³/mol. The van der Waals surface area contributed by atoms with Crippen LogP contribution in [0.2, 0.25) is 0 Å². The number of carbonyl (C=O) groups is 1. The molecule has 1 fully saturated rings. The van der Waals surface area contributed by atoms with Crippen LogP contribution >= 0.6 is 0 Å². The van der Waals surface area contributed by atoms with Gasteiger partial charge in [0.1, 0.15) is 6.10 Å². The Morgan fingerprint density at radius 3 is 2.54 bits per heavy atom. The van der Waals surface area contributed by atoms with E-state index in [0.717, 1.165) is 13.1 Å². The predicted octanol–water partition coefficient (Wildman–Crippen LogP) is 0.795. The highest BCUT2D eigenvalue weighted by atomic mass is 16.5. The first-order chi connectivity index (χ1) is 11.4. The fourth-order valence-corrected chi connectivity index (χ4v) is 2.65. The van der Waals surface area contributed by atoms with Crippen LogP contribution in [0.1, 0.15) is 45.5 Å². The Labute approximate surface area is 143 Å². The van der Waals surface area contributed by atoms with Gasteiger partial charge in [0.05, 0.1) is 12.5 Å². The molecule has 3 unspecified atom stereocenters. The van der Waals surface area contributed by atoms with Gasteiger partial charge >= 0.3 is 0 Å². The summed E-state index contributed by atoms with van der Waals surface area (Å²) in [6, 6.07) is -0.125. The van der Waals surface area contributed by atoms with E-state index in [2.05, 4.69) is 15.0 Å². The zero-order valence-electron chi connectivity index (χ0n) is 15.1. The molecule has 1 aromatic heterocycles. The molecule has 0 bridgehead atoms. The molecule has 1 aromatic rings. The Bertz CT molecular complexity index is 526. The van der Waals surface area contributed by atoms with Crippen molar-refractivity contribution < 1.29 is 14.1 Å². The van der Waals surface area contributed by atoms with Crippen molar-refractivity contribution in [3.63, 3.8) is 0 Å². The lowest BCUT2D eigenvalue weighted by molar-refractivity contribution is -0.137. The molecule has 2 rings (SSSR count). The molecule has 2 N–H and O–H groups in total. The number of piperazine rings is 1. The summed E-state index contributed by atoms with van der Waals surface area (Å²) in [5.41, 5.74) is 5.83. The molecule has 0 aliphatic carbocycles. The van der Waals surface area contributed by atoms with Crippen LogP contribution in [0, 0.1) is 5.92 Å². The highest BCUT2D eigenvalue weighted by Crippen LogP contribution is 2.15. The molecule has 0 saturated carbocycles. The smallest absolute Gasteiger partial charge is 0.240 e. The fourth-order valence-electron chi connectivity index (χ4n) is 2.65. The van der Waals surface area contributed by atoms with Gasteiger partial charge in [0, 0.05) is 38.8 Å². The lowest BCUT2D eigenvalue weighted by atomic mass is 10.0. The second kappa shape index (κ2) is 8.55. The molecule has 0 aromatic carbocycles. The van der Waals surface area contributed by atoms with Gasteiger partial charge < -0.3 is 19.9 Å². The van der Waals surface area contributed by atoms with E-state index >= 15 is 0 Å². The number of ether oxygens (including phenoxy) is 1. The van der Waals surface area contributed by atoms with Gasteiger partial charge in [-0.1, -0.05) is 12.1 Å². The monoisotopic (exact) mass is 339 g/mol. The zero-order chi connectivity index (χ0) is 17.7. The van der Waals surface area contributed by atoms with Crippen LogP contribution in [0.15, 0.2) is 4.52 Å². The molecular formula is C16H29N5O3. The number of carbonyl (C=O) groups excluding carboxylic acids is 1. The van der Waals surface area contributed by atoms with Crippen molar-refractivity contribution in [3.8, 4) is 0 Å². The summed E-state index contributed by atoms with van der Waals surface area (Å²) in [5.74, 6) is 1.15. The van der Waals surface area contributed by atoms with Gasteiger partial charge in [0.2, 0.25) is 11.8 Å². The number of nitrogens with two attached hydrogens (primary N) is 1. The van der Waals surface area contributed by atoms with Gasteiger partial charge in [0.15, 0.2) is 5.82 Å². The number of aromatic nitrogens is 2. The molecule has 1 amide bonds. The van der Waals surface area contributed by atoms with Crippen LogP contribution in [0.3, 0.4) is 0 Å². The number of hydrogen-bond acceptors (Lipinski definition) is 7. The molecule has 8 nitrogen and oxygen atoms in total. The second-order valence-corrected chi connectivity index (χ2v) is 6.39. The number of amides is 1. The van der Waals surface area contributed by atoms with Crippen LogP contribution in [-0.2, 0) is 16.1 Å². The third kappa shape index (κ3) is 4.75. The first-order valence-electron chi connectivity index (χ1n) is 8.63. The third-order valence-corrected chi connectivity index (χ3v) is 4.49. The van der Waals surface area contributed by atoms with E-state index in [-0.39, 0.29) is 24.0 Å². The van der Waals surface area contributed by atoms with Crippen molar-refractivity contribution in [1.82, 2.24) is 19.9 Å². The maximum absolute atomic E-state index is 12.3. The van der Waals surface area contributed by atoms with Crippen LogP contribution in [0.5, 0.6) is 0 Å². The quantitative estimate of drug-likeness (QED) is 0.784. The number of rotatable bonds is 7. The van der Waals surface area contributed by atoms with Gasteiger partial charge in [0.25, 0.3) is 0 Å². The minimum absolute atomic E-state index is 0.125. The van der Waals surface area contributed by atoms with Crippen molar-refractivity contribution in [1.29, 1.82) is 0 Å². The van der Waals surface area contributed by atoms with Gasteiger partial charge in [-0.05, 0) is 20.8 Å². The highest BCUT2D eigenvalue weighted by molar-refractivity contribution is 5.79. The molecule has 0 radical (unpaired) electrons. The Balaban J connectivity index is 1.82. The summed E-state index contributed by atoms with van der Waals surface area (Å²) in [6.07, 6.45) is -0.165. The summed E-state index contributed by atoms with van der Waals surface area (Å²) in [6.45, 7) is 11.8. The van der Waals surface area contributed by atoms with Crippen molar-refractivity contribution in [2.45, 2.75) is 46.4 Å². The standard InChI is InChI=1S/C16H29N5O3/c1-5-23-13(4)15-18-14(24-19-15)10-20-6-8-21(9-7-20)16(22)11(2)12(3)17/h11-13H,5-10,17H2,1-4H3. The van der Waals surface area contributed by atoms with E-state index < -0.39 is 0 Å². The number of nitrogens with zero attached hydrogens (tertiary/aromatic N) is 4. The lowest BCUT2D eigenvalue weighted by Crippen LogP contribution is -2.51. The van der Waals surface area contributed by atoms with E-state index in [1.807, 2.05) is 32.6 Å². The fraction of sp³-hybridized carbons (Fsp3) is 0.812. The van der Waals surface area contributed by atoms with Crippen LogP contribution in [-0.4, -0.2) is 64.7 Å². The van der Waals surface area contributed by atoms with E-state index in [1.165, 1.54) is 0 Å². The zero-order valence-corrected chi connectivity index (χ0v) is 15.1. The van der Waals surface area contributed by atoms with E-state index in [0.29, 0.717) is 38.0 Å². The highest BCUT2D eigenvalue weighted by Gasteiger charge is 2.27. The molecule has 24 heavy (non-hydrogen) atoms. The van der Waals surface area contributed by atoms with Gasteiger partial charge in [-0.15, -0.1) is 0 Å². The summed E-state index contributed by atoms with van der Waals surface area (Å²) < 4.78 is 10.8. The average molecular weight is 339 g/mol. The van der Waals surface area contributed by atoms with Crippen molar-refractivity contribution in [3.05, 3.63) is 11.7 Å². The van der Waals surface area contributed by atoms with E-state index in [4.69, 9.17) is 15.0 Å². The van der Waals surface area contributed by atoms with E-state index in [1.54, 1.807) is 0 Å². The average Bonchev–Trinajstić information content (AvgIpc) is 3.03. The second-order valence-electron chi connectivity index (χ2n) is 6.39.